The van der Waals surface area contributed by atoms with Gasteiger partial charge in [0.1, 0.15) is 17.7 Å². The molecular formula is C15H12BrClFNO. The molecule has 0 amide bonds. The molecular weight excluding hydrogens is 345 g/mol. The molecule has 1 aliphatic rings. The molecule has 1 aliphatic heterocycles. The van der Waals surface area contributed by atoms with Crippen molar-refractivity contribution in [1.82, 2.24) is 0 Å². The van der Waals surface area contributed by atoms with Gasteiger partial charge in [-0.1, -0.05) is 33.6 Å². The molecule has 2 atom stereocenters. The van der Waals surface area contributed by atoms with Gasteiger partial charge in [-0.3, -0.25) is 0 Å². The van der Waals surface area contributed by atoms with E-state index >= 15 is 0 Å². The maximum absolute atomic E-state index is 13.9. The largest absolute Gasteiger partial charge is 0.485 e. The van der Waals surface area contributed by atoms with Gasteiger partial charge in [0.25, 0.3) is 0 Å². The first kappa shape index (κ1) is 13.9. The summed E-state index contributed by atoms with van der Waals surface area (Å²) in [6.07, 6.45) is 0.0943. The van der Waals surface area contributed by atoms with Gasteiger partial charge in [-0.15, -0.1) is 0 Å². The van der Waals surface area contributed by atoms with Crippen molar-refractivity contribution in [3.05, 3.63) is 62.8 Å². The summed E-state index contributed by atoms with van der Waals surface area (Å²) in [7, 11) is 0. The van der Waals surface area contributed by atoms with Crippen molar-refractivity contribution in [2.24, 2.45) is 5.73 Å². The van der Waals surface area contributed by atoms with Crippen LogP contribution < -0.4 is 10.5 Å². The number of halogens is 3. The molecule has 0 spiro atoms. The summed E-state index contributed by atoms with van der Waals surface area (Å²) >= 11 is 9.33. The lowest BCUT2D eigenvalue weighted by Gasteiger charge is -2.31. The predicted molar refractivity (Wildman–Crippen MR) is 80.5 cm³/mol. The van der Waals surface area contributed by atoms with E-state index in [0.29, 0.717) is 22.8 Å². The van der Waals surface area contributed by atoms with Crippen LogP contribution in [-0.4, -0.2) is 0 Å². The summed E-state index contributed by atoms with van der Waals surface area (Å²) in [6.45, 7) is 0. The molecule has 5 heteroatoms. The Morgan fingerprint density at radius 2 is 2.00 bits per heavy atom. The smallest absolute Gasteiger partial charge is 0.130 e. The molecule has 0 aliphatic carbocycles. The number of rotatable bonds is 1. The van der Waals surface area contributed by atoms with Crippen molar-refractivity contribution in [3.8, 4) is 5.75 Å². The van der Waals surface area contributed by atoms with Crippen LogP contribution in [0.3, 0.4) is 0 Å². The topological polar surface area (TPSA) is 35.2 Å². The third-order valence-electron chi connectivity index (χ3n) is 3.42. The molecule has 104 valence electrons. The summed E-state index contributed by atoms with van der Waals surface area (Å²) < 4.78 is 20.7. The van der Waals surface area contributed by atoms with Crippen LogP contribution in [-0.2, 0) is 0 Å². The van der Waals surface area contributed by atoms with Crippen molar-refractivity contribution in [3.63, 3.8) is 0 Å². The fourth-order valence-corrected chi connectivity index (χ4v) is 2.95. The molecule has 2 aromatic carbocycles. The minimum absolute atomic E-state index is 0.185. The van der Waals surface area contributed by atoms with Gasteiger partial charge in [0.15, 0.2) is 0 Å². The first-order valence-corrected chi connectivity index (χ1v) is 7.38. The molecule has 0 saturated heterocycles. The quantitative estimate of drug-likeness (QED) is 0.799. The lowest BCUT2D eigenvalue weighted by molar-refractivity contribution is 0.157. The number of hydrogen-bond donors (Lipinski definition) is 1. The summed E-state index contributed by atoms with van der Waals surface area (Å²) in [5.74, 6) is 0.354. The Morgan fingerprint density at radius 1 is 1.20 bits per heavy atom. The summed E-state index contributed by atoms with van der Waals surface area (Å²) in [5, 5.41) is 0.485. The van der Waals surface area contributed by atoms with Crippen LogP contribution in [0.5, 0.6) is 5.75 Å². The SMILES string of the molecule is N[C@@H]1CC(c2cc(Cl)ccc2F)Oc2cc(Br)ccc21. The summed E-state index contributed by atoms with van der Waals surface area (Å²) in [4.78, 5) is 0. The molecule has 0 aromatic heterocycles. The maximum atomic E-state index is 13.9. The van der Waals surface area contributed by atoms with Crippen LogP contribution in [0.15, 0.2) is 40.9 Å². The van der Waals surface area contributed by atoms with Crippen molar-refractivity contribution in [1.29, 1.82) is 0 Å². The molecule has 1 unspecified atom stereocenters. The van der Waals surface area contributed by atoms with Crippen molar-refractivity contribution in [2.45, 2.75) is 18.6 Å². The van der Waals surface area contributed by atoms with E-state index in [1.54, 1.807) is 6.07 Å². The second-order valence-corrected chi connectivity index (χ2v) is 6.15. The number of ether oxygens (including phenoxy) is 1. The minimum atomic E-state index is -0.425. The zero-order chi connectivity index (χ0) is 14.3. The third-order valence-corrected chi connectivity index (χ3v) is 4.15. The van der Waals surface area contributed by atoms with Crippen LogP contribution in [0.4, 0.5) is 4.39 Å². The van der Waals surface area contributed by atoms with Gasteiger partial charge in [-0.2, -0.15) is 0 Å². The van der Waals surface area contributed by atoms with Crippen molar-refractivity contribution >= 4 is 27.5 Å². The maximum Gasteiger partial charge on any atom is 0.130 e. The predicted octanol–water partition coefficient (Wildman–Crippen LogP) is 4.77. The van der Waals surface area contributed by atoms with E-state index in [1.807, 2.05) is 18.2 Å². The van der Waals surface area contributed by atoms with E-state index in [9.17, 15) is 4.39 Å². The lowest BCUT2D eigenvalue weighted by Crippen LogP contribution is -2.24. The monoisotopic (exact) mass is 355 g/mol. The molecule has 2 N–H and O–H groups in total. The number of hydrogen-bond acceptors (Lipinski definition) is 2. The van der Waals surface area contributed by atoms with Crippen LogP contribution in [0, 0.1) is 5.82 Å². The van der Waals surface area contributed by atoms with Gasteiger partial charge in [0, 0.05) is 33.1 Å². The molecule has 3 rings (SSSR count). The number of nitrogens with two attached hydrogens (primary N) is 1. The fourth-order valence-electron chi connectivity index (χ4n) is 2.43. The van der Waals surface area contributed by atoms with Crippen LogP contribution in [0.1, 0.15) is 29.7 Å². The Kier molecular flexibility index (Phi) is 3.71. The van der Waals surface area contributed by atoms with Crippen LogP contribution in [0.2, 0.25) is 5.02 Å². The molecule has 2 aromatic rings. The average molecular weight is 357 g/mol. The Hall–Kier alpha value is -1.10. The Balaban J connectivity index is 2.00. The Bertz CT molecular complexity index is 664. The average Bonchev–Trinajstić information content (AvgIpc) is 2.41. The first-order chi connectivity index (χ1) is 9.54. The van der Waals surface area contributed by atoms with E-state index in [2.05, 4.69) is 15.9 Å². The van der Waals surface area contributed by atoms with Gasteiger partial charge < -0.3 is 10.5 Å². The second kappa shape index (κ2) is 5.35. The minimum Gasteiger partial charge on any atom is -0.485 e. The zero-order valence-electron chi connectivity index (χ0n) is 10.4. The van der Waals surface area contributed by atoms with Crippen LogP contribution >= 0.6 is 27.5 Å². The van der Waals surface area contributed by atoms with Crippen LogP contribution in [0.25, 0.3) is 0 Å². The highest BCUT2D eigenvalue weighted by Gasteiger charge is 2.29. The summed E-state index contributed by atoms with van der Waals surface area (Å²) in [5.41, 5.74) is 7.54. The summed E-state index contributed by atoms with van der Waals surface area (Å²) in [6, 6.07) is 9.98. The molecule has 0 bridgehead atoms. The van der Waals surface area contributed by atoms with Gasteiger partial charge in [0.2, 0.25) is 0 Å². The van der Waals surface area contributed by atoms with E-state index < -0.39 is 6.10 Å². The normalized spacial score (nSPS) is 21.2. The molecule has 0 radical (unpaired) electrons. The number of fused-ring (bicyclic) bond motifs is 1. The number of benzene rings is 2. The molecule has 1 heterocycles. The standard InChI is InChI=1S/C15H12BrClFNO/c16-8-1-3-10-13(19)7-15(20-14(10)5-8)11-6-9(17)2-4-12(11)18/h1-6,13,15H,7,19H2/t13-,15?/m1/s1. The lowest BCUT2D eigenvalue weighted by atomic mass is 9.93. The highest BCUT2D eigenvalue weighted by molar-refractivity contribution is 9.10. The van der Waals surface area contributed by atoms with E-state index in [1.165, 1.54) is 12.1 Å². The van der Waals surface area contributed by atoms with E-state index in [4.69, 9.17) is 22.1 Å². The second-order valence-electron chi connectivity index (χ2n) is 4.80. The molecule has 0 fully saturated rings. The Labute approximate surface area is 129 Å². The third kappa shape index (κ3) is 2.55. The molecule has 2 nitrogen and oxygen atoms in total. The van der Waals surface area contributed by atoms with Gasteiger partial charge >= 0.3 is 0 Å². The van der Waals surface area contributed by atoms with Crippen molar-refractivity contribution < 1.29 is 9.13 Å². The molecule has 20 heavy (non-hydrogen) atoms. The van der Waals surface area contributed by atoms with Gasteiger partial charge in [0.05, 0.1) is 0 Å². The fraction of sp³-hybridized carbons (Fsp3) is 0.200. The molecule has 0 saturated carbocycles. The van der Waals surface area contributed by atoms with E-state index in [-0.39, 0.29) is 11.9 Å². The van der Waals surface area contributed by atoms with Gasteiger partial charge in [-0.25, -0.2) is 4.39 Å². The highest BCUT2D eigenvalue weighted by Crippen LogP contribution is 2.41. The van der Waals surface area contributed by atoms with Crippen molar-refractivity contribution in [2.75, 3.05) is 0 Å². The Morgan fingerprint density at radius 3 is 2.80 bits per heavy atom. The first-order valence-electron chi connectivity index (χ1n) is 6.21. The highest BCUT2D eigenvalue weighted by atomic mass is 79.9. The van der Waals surface area contributed by atoms with E-state index in [0.717, 1.165) is 10.0 Å². The zero-order valence-corrected chi connectivity index (χ0v) is 12.8. The van der Waals surface area contributed by atoms with Gasteiger partial charge in [-0.05, 0) is 30.3 Å².